The maximum absolute atomic E-state index is 12.3. The molecular formula is C22H27N3O5. The van der Waals surface area contributed by atoms with Gasteiger partial charge in [-0.2, -0.15) is 0 Å². The van der Waals surface area contributed by atoms with Crippen LogP contribution in [0.4, 0.5) is 11.4 Å². The van der Waals surface area contributed by atoms with Crippen LogP contribution < -0.4 is 15.4 Å². The van der Waals surface area contributed by atoms with Crippen molar-refractivity contribution in [2.45, 2.75) is 13.8 Å². The van der Waals surface area contributed by atoms with E-state index in [1.165, 1.54) is 0 Å². The summed E-state index contributed by atoms with van der Waals surface area (Å²) >= 11 is 0. The number of amides is 2. The summed E-state index contributed by atoms with van der Waals surface area (Å²) < 4.78 is 10.1. The number of likely N-dealkylation sites (N-methyl/N-ethyl adjacent to an activating group) is 1. The molecule has 160 valence electrons. The van der Waals surface area contributed by atoms with Crippen molar-refractivity contribution in [2.24, 2.45) is 0 Å². The van der Waals surface area contributed by atoms with E-state index in [0.717, 1.165) is 0 Å². The predicted molar refractivity (Wildman–Crippen MR) is 115 cm³/mol. The van der Waals surface area contributed by atoms with Crippen LogP contribution in [0, 0.1) is 0 Å². The van der Waals surface area contributed by atoms with Crippen molar-refractivity contribution in [1.29, 1.82) is 0 Å². The van der Waals surface area contributed by atoms with Gasteiger partial charge in [0.25, 0.3) is 0 Å². The molecule has 8 heteroatoms. The Bertz CT molecular complexity index is 867. The first-order chi connectivity index (χ1) is 14.4. The van der Waals surface area contributed by atoms with Gasteiger partial charge in [-0.3, -0.25) is 14.5 Å². The number of hydrogen-bond donors (Lipinski definition) is 2. The van der Waals surface area contributed by atoms with E-state index in [1.54, 1.807) is 67.5 Å². The van der Waals surface area contributed by atoms with Gasteiger partial charge in [0.2, 0.25) is 11.8 Å². The van der Waals surface area contributed by atoms with Crippen molar-refractivity contribution in [2.75, 3.05) is 44.0 Å². The van der Waals surface area contributed by atoms with Crippen molar-refractivity contribution in [3.05, 3.63) is 54.1 Å². The molecular weight excluding hydrogens is 386 g/mol. The minimum Gasteiger partial charge on any atom is -0.497 e. The van der Waals surface area contributed by atoms with Crippen molar-refractivity contribution in [3.63, 3.8) is 0 Å². The fourth-order valence-electron chi connectivity index (χ4n) is 2.69. The van der Waals surface area contributed by atoms with Gasteiger partial charge in [-0.05, 0) is 49.9 Å². The molecule has 2 N–H and O–H groups in total. The van der Waals surface area contributed by atoms with Crippen LogP contribution in [0.1, 0.15) is 24.2 Å². The lowest BCUT2D eigenvalue weighted by Gasteiger charge is -2.19. The summed E-state index contributed by atoms with van der Waals surface area (Å²) in [6.07, 6.45) is 0. The lowest BCUT2D eigenvalue weighted by molar-refractivity contribution is -0.119. The highest BCUT2D eigenvalue weighted by Crippen LogP contribution is 2.16. The maximum atomic E-state index is 12.3. The number of rotatable bonds is 10. The highest BCUT2D eigenvalue weighted by Gasteiger charge is 2.14. The van der Waals surface area contributed by atoms with Gasteiger partial charge >= 0.3 is 5.97 Å². The minimum absolute atomic E-state index is 0.0572. The average Bonchev–Trinajstić information content (AvgIpc) is 2.74. The Morgan fingerprint density at radius 2 is 1.53 bits per heavy atom. The molecule has 0 heterocycles. The molecule has 0 unspecified atom stereocenters. The molecule has 2 aromatic carbocycles. The first-order valence-electron chi connectivity index (χ1n) is 9.68. The molecule has 0 saturated carbocycles. The molecule has 0 radical (unpaired) electrons. The highest BCUT2D eigenvalue weighted by atomic mass is 16.5. The SMILES string of the molecule is CCOC(=O)c1ccc(NC(=O)CN(CC)CC(=O)Nc2cccc(OC)c2)cc1. The van der Waals surface area contributed by atoms with E-state index < -0.39 is 5.97 Å². The molecule has 2 amide bonds. The number of esters is 1. The Kier molecular flexibility index (Phi) is 8.83. The summed E-state index contributed by atoms with van der Waals surface area (Å²) in [6, 6.07) is 13.5. The third-order valence-electron chi connectivity index (χ3n) is 4.21. The van der Waals surface area contributed by atoms with E-state index in [2.05, 4.69) is 10.6 Å². The van der Waals surface area contributed by atoms with E-state index in [9.17, 15) is 14.4 Å². The van der Waals surface area contributed by atoms with Gasteiger partial charge in [-0.25, -0.2) is 4.79 Å². The molecule has 8 nitrogen and oxygen atoms in total. The number of hydrogen-bond acceptors (Lipinski definition) is 6. The number of benzene rings is 2. The first-order valence-corrected chi connectivity index (χ1v) is 9.68. The van der Waals surface area contributed by atoms with Gasteiger partial charge in [0.1, 0.15) is 5.75 Å². The molecule has 30 heavy (non-hydrogen) atoms. The number of anilines is 2. The first kappa shape index (κ1) is 22.9. The van der Waals surface area contributed by atoms with Crippen molar-refractivity contribution >= 4 is 29.2 Å². The van der Waals surface area contributed by atoms with E-state index in [0.29, 0.717) is 35.8 Å². The summed E-state index contributed by atoms with van der Waals surface area (Å²) in [5, 5.41) is 5.56. The third-order valence-corrected chi connectivity index (χ3v) is 4.21. The maximum Gasteiger partial charge on any atom is 0.338 e. The topological polar surface area (TPSA) is 97.0 Å². The Morgan fingerprint density at radius 3 is 2.10 bits per heavy atom. The van der Waals surface area contributed by atoms with Crippen molar-refractivity contribution in [3.8, 4) is 5.75 Å². The molecule has 0 atom stereocenters. The second-order valence-electron chi connectivity index (χ2n) is 6.43. The molecule has 0 bridgehead atoms. The largest absolute Gasteiger partial charge is 0.497 e. The van der Waals surface area contributed by atoms with Crippen molar-refractivity contribution in [1.82, 2.24) is 4.90 Å². The van der Waals surface area contributed by atoms with Crippen LogP contribution in [0.5, 0.6) is 5.75 Å². The van der Waals surface area contributed by atoms with Crippen LogP contribution in [0.3, 0.4) is 0 Å². The highest BCUT2D eigenvalue weighted by molar-refractivity contribution is 5.95. The van der Waals surface area contributed by atoms with Crippen molar-refractivity contribution < 1.29 is 23.9 Å². The Balaban J connectivity index is 1.86. The molecule has 0 aliphatic heterocycles. The monoisotopic (exact) mass is 413 g/mol. The zero-order valence-corrected chi connectivity index (χ0v) is 17.4. The number of methoxy groups -OCH3 is 1. The minimum atomic E-state index is -0.408. The fourth-order valence-corrected chi connectivity index (χ4v) is 2.69. The molecule has 0 aliphatic carbocycles. The van der Waals surface area contributed by atoms with Crippen LogP contribution in [-0.2, 0) is 14.3 Å². The predicted octanol–water partition coefficient (Wildman–Crippen LogP) is 2.77. The quantitative estimate of drug-likeness (QED) is 0.582. The lowest BCUT2D eigenvalue weighted by Crippen LogP contribution is -2.38. The van der Waals surface area contributed by atoms with E-state index >= 15 is 0 Å². The molecule has 0 spiro atoms. The van der Waals surface area contributed by atoms with Crippen LogP contribution in [0.25, 0.3) is 0 Å². The normalized spacial score (nSPS) is 10.4. The molecule has 2 rings (SSSR count). The van der Waals surface area contributed by atoms with Crippen LogP contribution >= 0.6 is 0 Å². The van der Waals surface area contributed by atoms with E-state index in [4.69, 9.17) is 9.47 Å². The average molecular weight is 413 g/mol. The number of nitrogens with one attached hydrogen (secondary N) is 2. The Labute approximate surface area is 176 Å². The molecule has 0 fully saturated rings. The van der Waals surface area contributed by atoms with Gasteiger partial charge in [-0.15, -0.1) is 0 Å². The van der Waals surface area contributed by atoms with Crippen LogP contribution in [0.2, 0.25) is 0 Å². The second kappa shape index (κ2) is 11.6. The summed E-state index contributed by atoms with van der Waals surface area (Å²) in [5.41, 5.74) is 1.60. The van der Waals surface area contributed by atoms with Gasteiger partial charge in [0, 0.05) is 17.4 Å². The summed E-state index contributed by atoms with van der Waals surface area (Å²) in [5.74, 6) is -0.241. The van der Waals surface area contributed by atoms with Gasteiger partial charge in [0.15, 0.2) is 0 Å². The zero-order valence-electron chi connectivity index (χ0n) is 17.4. The standard InChI is InChI=1S/C22H27N3O5/c1-4-25(15-21(27)24-18-7-6-8-19(13-18)29-3)14-20(26)23-17-11-9-16(10-12-17)22(28)30-5-2/h6-13H,4-5,14-15H2,1-3H3,(H,23,26)(H,24,27). The third kappa shape index (κ3) is 7.21. The second-order valence-corrected chi connectivity index (χ2v) is 6.43. The fraction of sp³-hybridized carbons (Fsp3) is 0.318. The van der Waals surface area contributed by atoms with Crippen LogP contribution in [-0.4, -0.2) is 56.0 Å². The molecule has 0 aliphatic rings. The number of carbonyl (C=O) groups is 3. The smallest absolute Gasteiger partial charge is 0.338 e. The van der Waals surface area contributed by atoms with E-state index in [1.807, 2.05) is 6.92 Å². The van der Waals surface area contributed by atoms with E-state index in [-0.39, 0.29) is 24.9 Å². The summed E-state index contributed by atoms with van der Waals surface area (Å²) in [6.45, 7) is 4.57. The molecule has 0 saturated heterocycles. The van der Waals surface area contributed by atoms with Gasteiger partial charge in [0.05, 0.1) is 32.4 Å². The molecule has 0 aromatic heterocycles. The number of ether oxygens (including phenoxy) is 2. The Hall–Kier alpha value is -3.39. The Morgan fingerprint density at radius 1 is 0.900 bits per heavy atom. The molecule has 2 aromatic rings. The zero-order chi connectivity index (χ0) is 21.9. The number of nitrogens with zero attached hydrogens (tertiary/aromatic N) is 1. The summed E-state index contributed by atoms with van der Waals surface area (Å²) in [4.78, 5) is 38.0. The van der Waals surface area contributed by atoms with Gasteiger partial charge < -0.3 is 20.1 Å². The van der Waals surface area contributed by atoms with Gasteiger partial charge in [-0.1, -0.05) is 13.0 Å². The van der Waals surface area contributed by atoms with Crippen LogP contribution in [0.15, 0.2) is 48.5 Å². The summed E-state index contributed by atoms with van der Waals surface area (Å²) in [7, 11) is 1.56. The lowest BCUT2D eigenvalue weighted by atomic mass is 10.2. The number of carbonyl (C=O) groups excluding carboxylic acids is 3.